The van der Waals surface area contributed by atoms with E-state index in [1.54, 1.807) is 24.3 Å². The van der Waals surface area contributed by atoms with E-state index < -0.39 is 12.1 Å². The molecule has 1 N–H and O–H groups in total. The van der Waals surface area contributed by atoms with Gasteiger partial charge in [-0.3, -0.25) is 0 Å². The minimum Gasteiger partial charge on any atom is -0.478 e. The Hall–Kier alpha value is -2.00. The van der Waals surface area contributed by atoms with Gasteiger partial charge in [0.05, 0.1) is 5.02 Å². The first-order valence-corrected chi connectivity index (χ1v) is 8.19. The van der Waals surface area contributed by atoms with Crippen LogP contribution in [0.5, 0.6) is 5.75 Å². The third kappa shape index (κ3) is 5.29. The lowest BCUT2D eigenvalue weighted by atomic mass is 10.0. The van der Waals surface area contributed by atoms with Crippen molar-refractivity contribution in [1.29, 1.82) is 0 Å². The first-order chi connectivity index (χ1) is 11.1. The summed E-state index contributed by atoms with van der Waals surface area (Å²) in [6.45, 7) is 2.16. The summed E-state index contributed by atoms with van der Waals surface area (Å²) in [5.41, 5.74) is 2.21. The predicted molar refractivity (Wildman–Crippen MR) is 92.3 cm³/mol. The lowest BCUT2D eigenvalue weighted by molar-refractivity contribution is -0.145. The average molecular weight is 333 g/mol. The highest BCUT2D eigenvalue weighted by atomic mass is 35.5. The summed E-state index contributed by atoms with van der Waals surface area (Å²) in [7, 11) is 0. The summed E-state index contributed by atoms with van der Waals surface area (Å²) in [6.07, 6.45) is 2.71. The van der Waals surface area contributed by atoms with Crippen molar-refractivity contribution in [3.8, 4) is 5.75 Å². The lowest BCUT2D eigenvalue weighted by Gasteiger charge is -2.16. The number of hydrogen-bond donors (Lipinski definition) is 1. The second-order valence-electron chi connectivity index (χ2n) is 5.50. The second kappa shape index (κ2) is 8.59. The molecule has 0 saturated heterocycles. The maximum absolute atomic E-state index is 11.5. The first-order valence-electron chi connectivity index (χ1n) is 7.82. The molecule has 0 spiro atoms. The van der Waals surface area contributed by atoms with E-state index in [0.29, 0.717) is 17.2 Å². The van der Waals surface area contributed by atoms with Crippen molar-refractivity contribution in [2.24, 2.45) is 0 Å². The Labute approximate surface area is 141 Å². The van der Waals surface area contributed by atoms with E-state index in [-0.39, 0.29) is 0 Å². The van der Waals surface area contributed by atoms with Gasteiger partial charge in [0.25, 0.3) is 0 Å². The smallest absolute Gasteiger partial charge is 0.345 e. The Balaban J connectivity index is 2.05. The van der Waals surface area contributed by atoms with Crippen molar-refractivity contribution in [2.45, 2.75) is 38.7 Å². The number of carboxylic acids is 1. The van der Waals surface area contributed by atoms with E-state index in [9.17, 15) is 9.90 Å². The van der Waals surface area contributed by atoms with Crippen LogP contribution < -0.4 is 4.74 Å². The third-order valence-electron chi connectivity index (χ3n) is 3.64. The fourth-order valence-electron chi connectivity index (χ4n) is 2.31. The molecule has 2 aromatic carbocycles. The third-order valence-corrected chi connectivity index (χ3v) is 3.96. The van der Waals surface area contributed by atoms with Crippen molar-refractivity contribution in [3.63, 3.8) is 0 Å². The highest BCUT2D eigenvalue weighted by Crippen LogP contribution is 2.25. The molecule has 3 nitrogen and oxygen atoms in total. The van der Waals surface area contributed by atoms with Gasteiger partial charge in [-0.2, -0.15) is 0 Å². The van der Waals surface area contributed by atoms with Crippen LogP contribution in [-0.4, -0.2) is 17.2 Å². The zero-order chi connectivity index (χ0) is 16.7. The monoisotopic (exact) mass is 332 g/mol. The van der Waals surface area contributed by atoms with E-state index in [1.165, 1.54) is 5.56 Å². The van der Waals surface area contributed by atoms with E-state index in [0.717, 1.165) is 24.8 Å². The summed E-state index contributed by atoms with van der Waals surface area (Å²) < 4.78 is 5.57. The van der Waals surface area contributed by atoms with Crippen LogP contribution in [0.2, 0.25) is 5.02 Å². The van der Waals surface area contributed by atoms with Crippen LogP contribution >= 0.6 is 11.6 Å². The molecule has 0 amide bonds. The molecule has 0 fully saturated rings. The molecular weight excluding hydrogens is 312 g/mol. The standard InChI is InChI=1S/C19H21ClO3/c1-2-3-6-14-9-11-15(12-10-14)13-18(19(21)22)23-17-8-5-4-7-16(17)20/h4-5,7-12,18H,2-3,6,13H2,1H3,(H,21,22)/t18-/m0/s1. The summed E-state index contributed by atoms with van der Waals surface area (Å²) in [4.78, 5) is 11.5. The molecule has 122 valence electrons. The molecule has 0 unspecified atom stereocenters. The van der Waals surface area contributed by atoms with Crippen molar-refractivity contribution < 1.29 is 14.6 Å². The number of carbonyl (C=O) groups is 1. The maximum atomic E-state index is 11.5. The molecule has 0 aromatic heterocycles. The van der Waals surface area contributed by atoms with Gasteiger partial charge >= 0.3 is 5.97 Å². The van der Waals surface area contributed by atoms with Crippen LogP contribution in [0.3, 0.4) is 0 Å². The van der Waals surface area contributed by atoms with Gasteiger partial charge in [-0.1, -0.05) is 61.3 Å². The van der Waals surface area contributed by atoms with E-state index in [2.05, 4.69) is 19.1 Å². The number of hydrogen-bond acceptors (Lipinski definition) is 2. The fraction of sp³-hybridized carbons (Fsp3) is 0.316. The largest absolute Gasteiger partial charge is 0.478 e. The molecule has 1 atom stereocenters. The molecule has 0 aliphatic rings. The van der Waals surface area contributed by atoms with Crippen molar-refractivity contribution in [3.05, 3.63) is 64.7 Å². The topological polar surface area (TPSA) is 46.5 Å². The van der Waals surface area contributed by atoms with Gasteiger partial charge in [0.1, 0.15) is 5.75 Å². The van der Waals surface area contributed by atoms with Crippen molar-refractivity contribution >= 4 is 17.6 Å². The molecule has 0 aliphatic heterocycles. The number of carboxylic acid groups (broad SMARTS) is 1. The summed E-state index contributed by atoms with van der Waals surface area (Å²) in [5.74, 6) is -0.610. The Morgan fingerprint density at radius 2 is 1.78 bits per heavy atom. The van der Waals surface area contributed by atoms with Gasteiger partial charge < -0.3 is 9.84 Å². The van der Waals surface area contributed by atoms with Gasteiger partial charge in [-0.05, 0) is 36.1 Å². The van der Waals surface area contributed by atoms with Crippen LogP contribution in [0.4, 0.5) is 0 Å². The molecule has 0 bridgehead atoms. The predicted octanol–water partition coefficient (Wildman–Crippen LogP) is 4.76. The van der Waals surface area contributed by atoms with Gasteiger partial charge in [-0.15, -0.1) is 0 Å². The van der Waals surface area contributed by atoms with Gasteiger partial charge in [0.2, 0.25) is 0 Å². The number of halogens is 1. The number of benzene rings is 2. The zero-order valence-electron chi connectivity index (χ0n) is 13.2. The molecule has 0 radical (unpaired) electrons. The Morgan fingerprint density at radius 1 is 1.13 bits per heavy atom. The van der Waals surface area contributed by atoms with Gasteiger partial charge in [-0.25, -0.2) is 4.79 Å². The fourth-order valence-corrected chi connectivity index (χ4v) is 2.49. The van der Waals surface area contributed by atoms with Crippen LogP contribution in [0.1, 0.15) is 30.9 Å². The molecule has 23 heavy (non-hydrogen) atoms. The lowest BCUT2D eigenvalue weighted by Crippen LogP contribution is -2.29. The molecular formula is C19H21ClO3. The average Bonchev–Trinajstić information content (AvgIpc) is 2.55. The van der Waals surface area contributed by atoms with Crippen molar-refractivity contribution in [2.75, 3.05) is 0 Å². The molecule has 0 aliphatic carbocycles. The maximum Gasteiger partial charge on any atom is 0.345 e. The normalized spacial score (nSPS) is 11.9. The van der Waals surface area contributed by atoms with Gasteiger partial charge in [0.15, 0.2) is 6.10 Å². The second-order valence-corrected chi connectivity index (χ2v) is 5.91. The Bertz CT molecular complexity index is 637. The minimum atomic E-state index is -1.00. The number of rotatable bonds is 8. The Morgan fingerprint density at radius 3 is 2.39 bits per heavy atom. The van der Waals surface area contributed by atoms with Gasteiger partial charge in [0, 0.05) is 6.42 Å². The molecule has 0 heterocycles. The summed E-state index contributed by atoms with van der Waals surface area (Å²) in [6, 6.07) is 14.9. The van der Waals surface area contributed by atoms with Crippen LogP contribution in [0, 0.1) is 0 Å². The number of para-hydroxylation sites is 1. The summed E-state index contributed by atoms with van der Waals surface area (Å²) in [5, 5.41) is 9.80. The van der Waals surface area contributed by atoms with E-state index >= 15 is 0 Å². The number of aryl methyl sites for hydroxylation is 1. The number of aliphatic carboxylic acids is 1. The quantitative estimate of drug-likeness (QED) is 0.758. The highest BCUT2D eigenvalue weighted by molar-refractivity contribution is 6.32. The molecule has 2 aromatic rings. The molecule has 2 rings (SSSR count). The first kappa shape index (κ1) is 17.4. The van der Waals surface area contributed by atoms with Crippen LogP contribution in [0.25, 0.3) is 0 Å². The van der Waals surface area contributed by atoms with Crippen LogP contribution in [-0.2, 0) is 17.6 Å². The highest BCUT2D eigenvalue weighted by Gasteiger charge is 2.21. The van der Waals surface area contributed by atoms with Crippen molar-refractivity contribution in [1.82, 2.24) is 0 Å². The molecule has 4 heteroatoms. The number of unbranched alkanes of at least 4 members (excludes halogenated alkanes) is 1. The Kier molecular flexibility index (Phi) is 6.48. The van der Waals surface area contributed by atoms with E-state index in [1.807, 2.05) is 12.1 Å². The zero-order valence-corrected chi connectivity index (χ0v) is 13.9. The summed E-state index contributed by atoms with van der Waals surface area (Å²) >= 11 is 6.03. The van der Waals surface area contributed by atoms with Crippen LogP contribution in [0.15, 0.2) is 48.5 Å². The molecule has 0 saturated carbocycles. The van der Waals surface area contributed by atoms with E-state index in [4.69, 9.17) is 16.3 Å². The SMILES string of the molecule is CCCCc1ccc(C[C@H](Oc2ccccc2Cl)C(=O)O)cc1. The minimum absolute atomic E-state index is 0.300. The number of ether oxygens (including phenoxy) is 1.